The molecule has 3 aromatic rings. The molecule has 25 heavy (non-hydrogen) atoms. The lowest BCUT2D eigenvalue weighted by Crippen LogP contribution is -2.46. The lowest BCUT2D eigenvalue weighted by Gasteiger charge is -2.34. The van der Waals surface area contributed by atoms with Gasteiger partial charge in [-0.05, 0) is 29.7 Å². The number of benzene rings is 2. The molecule has 4 rings (SSSR count). The molecule has 3 nitrogen and oxygen atoms in total. The van der Waals surface area contributed by atoms with Crippen LogP contribution in [0.4, 0.5) is 0 Å². The van der Waals surface area contributed by atoms with E-state index < -0.39 is 0 Å². The van der Waals surface area contributed by atoms with Gasteiger partial charge in [-0.15, -0.1) is 0 Å². The summed E-state index contributed by atoms with van der Waals surface area (Å²) in [5.41, 5.74) is 3.83. The molecule has 0 radical (unpaired) electrons. The predicted molar refractivity (Wildman–Crippen MR) is 104 cm³/mol. The van der Waals surface area contributed by atoms with Crippen LogP contribution in [0.25, 0.3) is 10.9 Å². The normalized spacial score (nSPS) is 16.3. The Hall–Kier alpha value is -2.23. The molecular weight excluding hydrogens is 306 g/mol. The van der Waals surface area contributed by atoms with Crippen molar-refractivity contribution in [2.24, 2.45) is 0 Å². The zero-order valence-corrected chi connectivity index (χ0v) is 14.6. The Morgan fingerprint density at radius 1 is 0.760 bits per heavy atom. The molecule has 1 saturated heterocycles. The van der Waals surface area contributed by atoms with Crippen molar-refractivity contribution in [1.29, 1.82) is 0 Å². The second-order valence-electron chi connectivity index (χ2n) is 6.89. The summed E-state index contributed by atoms with van der Waals surface area (Å²) in [5.74, 6) is 0. The van der Waals surface area contributed by atoms with Crippen molar-refractivity contribution in [3.8, 4) is 0 Å². The van der Waals surface area contributed by atoms with Crippen LogP contribution >= 0.6 is 0 Å². The van der Waals surface area contributed by atoms with Crippen molar-refractivity contribution in [2.75, 3.05) is 32.7 Å². The van der Waals surface area contributed by atoms with Crippen molar-refractivity contribution in [2.45, 2.75) is 13.0 Å². The third kappa shape index (κ3) is 4.25. The van der Waals surface area contributed by atoms with Gasteiger partial charge in [0.05, 0.1) is 5.52 Å². The average molecular weight is 331 g/mol. The quantitative estimate of drug-likeness (QED) is 0.712. The van der Waals surface area contributed by atoms with Crippen LogP contribution in [0, 0.1) is 0 Å². The monoisotopic (exact) mass is 331 g/mol. The van der Waals surface area contributed by atoms with Crippen LogP contribution in [0.1, 0.15) is 11.1 Å². The molecule has 1 aliphatic heterocycles. The number of fused-ring (bicyclic) bond motifs is 1. The van der Waals surface area contributed by atoms with Gasteiger partial charge in [0.25, 0.3) is 0 Å². The SMILES string of the molecule is c1ccc(CCN2CCN(Cc3cnc4ccccc4c3)CC2)cc1. The minimum absolute atomic E-state index is 1.00. The molecule has 2 aromatic carbocycles. The molecule has 2 heterocycles. The molecule has 1 fully saturated rings. The zero-order valence-electron chi connectivity index (χ0n) is 14.6. The van der Waals surface area contributed by atoms with Crippen molar-refractivity contribution in [1.82, 2.24) is 14.8 Å². The van der Waals surface area contributed by atoms with Gasteiger partial charge in [0.2, 0.25) is 0 Å². The van der Waals surface area contributed by atoms with E-state index in [9.17, 15) is 0 Å². The van der Waals surface area contributed by atoms with E-state index in [2.05, 4.69) is 69.4 Å². The zero-order chi connectivity index (χ0) is 16.9. The van der Waals surface area contributed by atoms with Crippen LogP contribution in [0.3, 0.4) is 0 Å². The number of rotatable bonds is 5. The van der Waals surface area contributed by atoms with Gasteiger partial charge in [-0.1, -0.05) is 48.5 Å². The van der Waals surface area contributed by atoms with E-state index >= 15 is 0 Å². The second kappa shape index (κ2) is 7.77. The maximum Gasteiger partial charge on any atom is 0.0702 e. The summed E-state index contributed by atoms with van der Waals surface area (Å²) in [6, 6.07) is 21.4. The highest BCUT2D eigenvalue weighted by molar-refractivity contribution is 5.78. The molecule has 0 spiro atoms. The predicted octanol–water partition coefficient (Wildman–Crippen LogP) is 3.60. The van der Waals surface area contributed by atoms with Gasteiger partial charge in [-0.2, -0.15) is 0 Å². The summed E-state index contributed by atoms with van der Waals surface area (Å²) in [5, 5.41) is 1.24. The van der Waals surface area contributed by atoms with E-state index in [1.807, 2.05) is 12.3 Å². The maximum absolute atomic E-state index is 4.59. The summed E-state index contributed by atoms with van der Waals surface area (Å²) in [7, 11) is 0. The fourth-order valence-corrected chi connectivity index (χ4v) is 3.56. The van der Waals surface area contributed by atoms with Crippen LogP contribution in [0.5, 0.6) is 0 Å². The van der Waals surface area contributed by atoms with Gasteiger partial charge in [0.1, 0.15) is 0 Å². The highest BCUT2D eigenvalue weighted by Gasteiger charge is 2.16. The Morgan fingerprint density at radius 3 is 2.32 bits per heavy atom. The number of piperazine rings is 1. The molecule has 3 heteroatoms. The second-order valence-corrected chi connectivity index (χ2v) is 6.89. The van der Waals surface area contributed by atoms with Gasteiger partial charge >= 0.3 is 0 Å². The smallest absolute Gasteiger partial charge is 0.0702 e. The Bertz CT molecular complexity index is 808. The minimum atomic E-state index is 1.00. The highest BCUT2D eigenvalue weighted by Crippen LogP contribution is 2.15. The fraction of sp³-hybridized carbons (Fsp3) is 0.318. The third-order valence-electron chi connectivity index (χ3n) is 5.08. The summed E-state index contributed by atoms with van der Waals surface area (Å²) >= 11 is 0. The standard InChI is InChI=1S/C22H25N3/c1-2-6-19(7-3-1)10-11-24-12-14-25(15-13-24)18-20-16-21-8-4-5-9-22(21)23-17-20/h1-9,16-17H,10-15,18H2. The van der Waals surface area contributed by atoms with Gasteiger partial charge in [-0.3, -0.25) is 9.88 Å². The van der Waals surface area contributed by atoms with Crippen molar-refractivity contribution in [3.05, 3.63) is 78.0 Å². The van der Waals surface area contributed by atoms with Gasteiger partial charge in [-0.25, -0.2) is 0 Å². The maximum atomic E-state index is 4.59. The number of hydrogen-bond acceptors (Lipinski definition) is 3. The number of aromatic nitrogens is 1. The molecule has 0 atom stereocenters. The van der Waals surface area contributed by atoms with Crippen LogP contribution in [-0.4, -0.2) is 47.5 Å². The number of nitrogens with zero attached hydrogens (tertiary/aromatic N) is 3. The molecule has 0 aliphatic carbocycles. The van der Waals surface area contributed by atoms with Crippen LogP contribution < -0.4 is 0 Å². The highest BCUT2D eigenvalue weighted by atomic mass is 15.3. The van der Waals surface area contributed by atoms with E-state index in [1.165, 1.54) is 16.5 Å². The minimum Gasteiger partial charge on any atom is -0.300 e. The molecule has 0 amide bonds. The molecule has 1 aromatic heterocycles. The molecule has 0 saturated carbocycles. The van der Waals surface area contributed by atoms with E-state index in [4.69, 9.17) is 0 Å². The van der Waals surface area contributed by atoms with Gasteiger partial charge in [0.15, 0.2) is 0 Å². The molecule has 1 aliphatic rings. The number of pyridine rings is 1. The fourth-order valence-electron chi connectivity index (χ4n) is 3.56. The Labute approximate surface area is 149 Å². The van der Waals surface area contributed by atoms with Crippen LogP contribution in [-0.2, 0) is 13.0 Å². The van der Waals surface area contributed by atoms with E-state index in [1.54, 1.807) is 0 Å². The Kier molecular flexibility index (Phi) is 5.05. The molecular formula is C22H25N3. The van der Waals surface area contributed by atoms with Crippen LogP contribution in [0.2, 0.25) is 0 Å². The van der Waals surface area contributed by atoms with Gasteiger partial charge in [0, 0.05) is 50.9 Å². The Morgan fingerprint density at radius 2 is 1.48 bits per heavy atom. The molecule has 0 N–H and O–H groups in total. The molecule has 128 valence electrons. The van der Waals surface area contributed by atoms with E-state index in [0.29, 0.717) is 0 Å². The Balaban J connectivity index is 1.28. The first-order valence-electron chi connectivity index (χ1n) is 9.19. The lowest BCUT2D eigenvalue weighted by molar-refractivity contribution is 0.128. The molecule has 0 unspecified atom stereocenters. The number of para-hydroxylation sites is 1. The largest absolute Gasteiger partial charge is 0.300 e. The summed E-state index contributed by atoms with van der Waals surface area (Å²) in [6.45, 7) is 6.77. The first-order valence-corrected chi connectivity index (χ1v) is 9.19. The average Bonchev–Trinajstić information content (AvgIpc) is 2.68. The van der Waals surface area contributed by atoms with E-state index in [-0.39, 0.29) is 0 Å². The van der Waals surface area contributed by atoms with Crippen molar-refractivity contribution >= 4 is 10.9 Å². The summed E-state index contributed by atoms with van der Waals surface area (Å²) < 4.78 is 0. The van der Waals surface area contributed by atoms with Crippen molar-refractivity contribution < 1.29 is 0 Å². The number of hydrogen-bond donors (Lipinski definition) is 0. The van der Waals surface area contributed by atoms with Crippen molar-refractivity contribution in [3.63, 3.8) is 0 Å². The summed E-state index contributed by atoms with van der Waals surface area (Å²) in [6.07, 6.45) is 3.18. The van der Waals surface area contributed by atoms with Gasteiger partial charge < -0.3 is 4.90 Å². The third-order valence-corrected chi connectivity index (χ3v) is 5.08. The molecule has 0 bridgehead atoms. The van der Waals surface area contributed by atoms with Crippen LogP contribution in [0.15, 0.2) is 66.9 Å². The first kappa shape index (κ1) is 16.2. The lowest BCUT2D eigenvalue weighted by atomic mass is 10.1. The first-order chi connectivity index (χ1) is 12.4. The summed E-state index contributed by atoms with van der Waals surface area (Å²) in [4.78, 5) is 9.72. The topological polar surface area (TPSA) is 19.4 Å². The van der Waals surface area contributed by atoms with E-state index in [0.717, 1.165) is 51.2 Å².